The van der Waals surface area contributed by atoms with Crippen LogP contribution in [-0.4, -0.2) is 26.2 Å². The van der Waals surface area contributed by atoms with Crippen molar-refractivity contribution in [2.24, 2.45) is 0 Å². The first-order valence-electron chi connectivity index (χ1n) is 7.74. The van der Waals surface area contributed by atoms with Crippen LogP contribution in [0.25, 0.3) is 29.0 Å². The van der Waals surface area contributed by atoms with Crippen molar-refractivity contribution in [1.82, 2.24) is 20.1 Å². The van der Waals surface area contributed by atoms with E-state index in [0.717, 1.165) is 16.8 Å². The third-order valence-corrected chi connectivity index (χ3v) is 3.32. The molecule has 122 valence electrons. The van der Waals surface area contributed by atoms with Gasteiger partial charge in [0.1, 0.15) is 5.69 Å². The molecule has 0 aliphatic rings. The summed E-state index contributed by atoms with van der Waals surface area (Å²) in [7, 11) is 0. The van der Waals surface area contributed by atoms with Crippen LogP contribution in [0.3, 0.4) is 0 Å². The fraction of sp³-hybridized carbons (Fsp3) is 0.222. The number of nitrogens with one attached hydrogen (secondary N) is 1. The Morgan fingerprint density at radius 1 is 1.12 bits per heavy atom. The summed E-state index contributed by atoms with van der Waals surface area (Å²) in [4.78, 5) is 13.3. The largest absolute Gasteiger partial charge is 0.352 e. The van der Waals surface area contributed by atoms with Crippen molar-refractivity contribution in [2.75, 3.05) is 5.32 Å². The van der Waals surface area contributed by atoms with E-state index in [1.54, 1.807) is 6.08 Å². The van der Waals surface area contributed by atoms with Crippen molar-refractivity contribution in [3.63, 3.8) is 0 Å². The first kappa shape index (κ1) is 15.9. The van der Waals surface area contributed by atoms with Gasteiger partial charge in [-0.3, -0.25) is 0 Å². The standard InChI is InChI=1S/C18H19N5O/c1-5-13-6-8-14(9-7-13)16-22-17(24-23-16)15-10-12(4)20-18(21-15)19-11(2)3/h5-11H,1H2,2-4H3,(H,19,20,21). The topological polar surface area (TPSA) is 76.7 Å². The van der Waals surface area contributed by atoms with Gasteiger partial charge in [-0.1, -0.05) is 42.1 Å². The van der Waals surface area contributed by atoms with Crippen LogP contribution in [0.4, 0.5) is 5.95 Å². The van der Waals surface area contributed by atoms with Gasteiger partial charge < -0.3 is 9.84 Å². The maximum atomic E-state index is 5.38. The summed E-state index contributed by atoms with van der Waals surface area (Å²) in [5.74, 6) is 1.44. The Balaban J connectivity index is 1.92. The SMILES string of the molecule is C=Cc1ccc(-c2noc(-c3cc(C)nc(NC(C)C)n3)n2)cc1. The lowest BCUT2D eigenvalue weighted by Crippen LogP contribution is -2.13. The minimum atomic E-state index is 0.237. The van der Waals surface area contributed by atoms with Crippen molar-refractivity contribution >= 4 is 12.0 Å². The lowest BCUT2D eigenvalue weighted by Gasteiger charge is -2.08. The summed E-state index contributed by atoms with van der Waals surface area (Å²) in [6.07, 6.45) is 1.79. The van der Waals surface area contributed by atoms with Gasteiger partial charge >= 0.3 is 0 Å². The highest BCUT2D eigenvalue weighted by Crippen LogP contribution is 2.22. The molecule has 0 amide bonds. The summed E-state index contributed by atoms with van der Waals surface area (Å²) in [5.41, 5.74) is 3.35. The number of nitrogens with zero attached hydrogens (tertiary/aromatic N) is 4. The maximum Gasteiger partial charge on any atom is 0.277 e. The van der Waals surface area contributed by atoms with Gasteiger partial charge in [-0.2, -0.15) is 4.98 Å². The first-order chi connectivity index (χ1) is 11.5. The molecule has 2 aromatic heterocycles. The van der Waals surface area contributed by atoms with Crippen molar-refractivity contribution in [3.8, 4) is 23.0 Å². The van der Waals surface area contributed by atoms with E-state index in [4.69, 9.17) is 4.52 Å². The zero-order chi connectivity index (χ0) is 17.1. The predicted octanol–water partition coefficient (Wildman–Crippen LogP) is 3.97. The molecule has 0 spiro atoms. The number of hydrogen-bond acceptors (Lipinski definition) is 6. The van der Waals surface area contributed by atoms with Gasteiger partial charge in [-0.05, 0) is 32.4 Å². The molecule has 0 atom stereocenters. The average Bonchev–Trinajstić information content (AvgIpc) is 3.04. The van der Waals surface area contributed by atoms with Gasteiger partial charge in [0.25, 0.3) is 5.89 Å². The second kappa shape index (κ2) is 6.62. The van der Waals surface area contributed by atoms with Gasteiger partial charge in [0, 0.05) is 17.3 Å². The number of aromatic nitrogens is 4. The second-order valence-corrected chi connectivity index (χ2v) is 5.77. The van der Waals surface area contributed by atoms with Crippen LogP contribution < -0.4 is 5.32 Å². The van der Waals surface area contributed by atoms with Crippen molar-refractivity contribution in [2.45, 2.75) is 26.8 Å². The molecule has 0 radical (unpaired) electrons. The molecule has 0 saturated heterocycles. The Morgan fingerprint density at radius 2 is 1.88 bits per heavy atom. The molecule has 0 aliphatic heterocycles. The highest BCUT2D eigenvalue weighted by atomic mass is 16.5. The van der Waals surface area contributed by atoms with E-state index in [2.05, 4.69) is 32.0 Å². The van der Waals surface area contributed by atoms with Gasteiger partial charge in [0.05, 0.1) is 0 Å². The van der Waals surface area contributed by atoms with Crippen LogP contribution in [0.2, 0.25) is 0 Å². The van der Waals surface area contributed by atoms with Gasteiger partial charge in [0.2, 0.25) is 11.8 Å². The quantitative estimate of drug-likeness (QED) is 0.766. The van der Waals surface area contributed by atoms with E-state index in [-0.39, 0.29) is 6.04 Å². The van der Waals surface area contributed by atoms with Crippen LogP contribution in [0.1, 0.15) is 25.1 Å². The Kier molecular flexibility index (Phi) is 4.37. The molecule has 0 saturated carbocycles. The molecule has 0 bridgehead atoms. The van der Waals surface area contributed by atoms with Crippen molar-refractivity contribution in [1.29, 1.82) is 0 Å². The minimum absolute atomic E-state index is 0.237. The van der Waals surface area contributed by atoms with E-state index >= 15 is 0 Å². The third-order valence-electron chi connectivity index (χ3n) is 3.32. The van der Waals surface area contributed by atoms with Gasteiger partial charge in [-0.25, -0.2) is 9.97 Å². The Hall–Kier alpha value is -3.02. The molecule has 0 unspecified atom stereocenters. The number of aryl methyl sites for hydroxylation is 1. The average molecular weight is 321 g/mol. The molecule has 3 aromatic rings. The van der Waals surface area contributed by atoms with Crippen LogP contribution in [0, 0.1) is 6.92 Å². The lowest BCUT2D eigenvalue weighted by molar-refractivity contribution is 0.431. The molecule has 6 heteroatoms. The minimum Gasteiger partial charge on any atom is -0.352 e. The Labute approximate surface area is 140 Å². The van der Waals surface area contributed by atoms with Crippen molar-refractivity contribution in [3.05, 3.63) is 48.2 Å². The van der Waals surface area contributed by atoms with E-state index in [1.165, 1.54) is 0 Å². The van der Waals surface area contributed by atoms with E-state index in [0.29, 0.717) is 23.4 Å². The molecule has 1 aromatic carbocycles. The molecule has 2 heterocycles. The number of anilines is 1. The summed E-state index contributed by atoms with van der Waals surface area (Å²) in [6.45, 7) is 9.71. The molecular weight excluding hydrogens is 302 g/mol. The maximum absolute atomic E-state index is 5.38. The highest BCUT2D eigenvalue weighted by Gasteiger charge is 2.14. The first-order valence-corrected chi connectivity index (χ1v) is 7.74. The number of benzene rings is 1. The second-order valence-electron chi connectivity index (χ2n) is 5.77. The van der Waals surface area contributed by atoms with Crippen LogP contribution in [-0.2, 0) is 0 Å². The Bertz CT molecular complexity index is 852. The molecule has 0 fully saturated rings. The van der Waals surface area contributed by atoms with Crippen LogP contribution >= 0.6 is 0 Å². The number of rotatable bonds is 5. The van der Waals surface area contributed by atoms with Gasteiger partial charge in [0.15, 0.2) is 0 Å². The van der Waals surface area contributed by atoms with E-state index in [1.807, 2.05) is 51.1 Å². The summed E-state index contributed by atoms with van der Waals surface area (Å²) in [5, 5.41) is 7.23. The molecule has 1 N–H and O–H groups in total. The van der Waals surface area contributed by atoms with Crippen LogP contribution in [0.5, 0.6) is 0 Å². The smallest absolute Gasteiger partial charge is 0.277 e. The molecule has 24 heavy (non-hydrogen) atoms. The van der Waals surface area contributed by atoms with Gasteiger partial charge in [-0.15, -0.1) is 0 Å². The molecule has 3 rings (SSSR count). The molecule has 0 aliphatic carbocycles. The summed E-state index contributed by atoms with van der Waals surface area (Å²) < 4.78 is 5.38. The normalized spacial score (nSPS) is 10.8. The predicted molar refractivity (Wildman–Crippen MR) is 94.3 cm³/mol. The van der Waals surface area contributed by atoms with E-state index in [9.17, 15) is 0 Å². The summed E-state index contributed by atoms with van der Waals surface area (Å²) >= 11 is 0. The van der Waals surface area contributed by atoms with Crippen molar-refractivity contribution < 1.29 is 4.52 Å². The zero-order valence-electron chi connectivity index (χ0n) is 13.9. The van der Waals surface area contributed by atoms with E-state index < -0.39 is 0 Å². The zero-order valence-corrected chi connectivity index (χ0v) is 13.9. The Morgan fingerprint density at radius 3 is 2.54 bits per heavy atom. The number of hydrogen-bond donors (Lipinski definition) is 1. The fourth-order valence-electron chi connectivity index (χ4n) is 2.21. The third kappa shape index (κ3) is 3.48. The molecule has 6 nitrogen and oxygen atoms in total. The highest BCUT2D eigenvalue weighted by molar-refractivity contribution is 5.61. The van der Waals surface area contributed by atoms with Crippen LogP contribution in [0.15, 0.2) is 41.4 Å². The lowest BCUT2D eigenvalue weighted by atomic mass is 10.1. The monoisotopic (exact) mass is 321 g/mol. The molecular formula is C18H19N5O. The summed E-state index contributed by atoms with van der Waals surface area (Å²) in [6, 6.07) is 9.84. The fourth-order valence-corrected chi connectivity index (χ4v) is 2.21.